The summed E-state index contributed by atoms with van der Waals surface area (Å²) in [4.78, 5) is 23.6. The lowest BCUT2D eigenvalue weighted by atomic mass is 10.1. The van der Waals surface area contributed by atoms with E-state index >= 15 is 0 Å². The molecule has 1 aliphatic rings. The summed E-state index contributed by atoms with van der Waals surface area (Å²) in [7, 11) is 1.58. The second-order valence-electron chi connectivity index (χ2n) is 5.92. The fraction of sp³-hybridized carbons (Fsp3) is 0.389. The fourth-order valence-corrected chi connectivity index (χ4v) is 3.23. The zero-order chi connectivity index (χ0) is 17.6. The number of anilines is 1. The van der Waals surface area contributed by atoms with E-state index in [1.807, 2.05) is 6.07 Å². The topological polar surface area (TPSA) is 67.3 Å². The molecule has 7 heteroatoms. The molecule has 1 amide bonds. The van der Waals surface area contributed by atoms with Crippen molar-refractivity contribution in [2.24, 2.45) is 0 Å². The highest BCUT2D eigenvalue weighted by Gasteiger charge is 2.15. The molecule has 1 aromatic carbocycles. The molecule has 0 spiro atoms. The van der Waals surface area contributed by atoms with Crippen LogP contribution in [-0.4, -0.2) is 36.1 Å². The zero-order valence-corrected chi connectivity index (χ0v) is 15.8. The van der Waals surface area contributed by atoms with Crippen molar-refractivity contribution in [3.8, 4) is 5.75 Å². The molecule has 0 bridgehead atoms. The smallest absolute Gasteiger partial charge is 0.252 e. The molecule has 1 saturated heterocycles. The Balaban J connectivity index is 1.66. The van der Waals surface area contributed by atoms with Gasteiger partial charge in [-0.3, -0.25) is 4.79 Å². The van der Waals surface area contributed by atoms with Gasteiger partial charge in [-0.05, 0) is 59.5 Å². The first-order valence-corrected chi connectivity index (χ1v) is 9.15. The predicted molar refractivity (Wildman–Crippen MR) is 100.0 cm³/mol. The highest BCUT2D eigenvalue weighted by Crippen LogP contribution is 2.22. The summed E-state index contributed by atoms with van der Waals surface area (Å²) in [6.45, 7) is 2.34. The number of carbonyl (C=O) groups is 1. The predicted octanol–water partition coefficient (Wildman–Crippen LogP) is 3.17. The van der Waals surface area contributed by atoms with E-state index < -0.39 is 0 Å². The van der Waals surface area contributed by atoms with Gasteiger partial charge in [0.1, 0.15) is 5.75 Å². The molecular formula is C18H21BrN4O2. The first-order valence-electron chi connectivity index (χ1n) is 8.36. The number of nitrogens with one attached hydrogen (secondary N) is 1. The lowest BCUT2D eigenvalue weighted by Crippen LogP contribution is -2.31. The Morgan fingerprint density at radius 2 is 2.08 bits per heavy atom. The van der Waals surface area contributed by atoms with Crippen LogP contribution in [-0.2, 0) is 6.54 Å². The van der Waals surface area contributed by atoms with Gasteiger partial charge < -0.3 is 15.0 Å². The highest BCUT2D eigenvalue weighted by atomic mass is 79.9. The summed E-state index contributed by atoms with van der Waals surface area (Å²) in [6.07, 6.45) is 5.37. The van der Waals surface area contributed by atoms with Gasteiger partial charge in [-0.15, -0.1) is 0 Å². The maximum atomic E-state index is 12.4. The van der Waals surface area contributed by atoms with Gasteiger partial charge in [0.15, 0.2) is 0 Å². The number of amides is 1. The Labute approximate surface area is 155 Å². The molecule has 6 nitrogen and oxygen atoms in total. The monoisotopic (exact) mass is 404 g/mol. The number of hydrogen-bond donors (Lipinski definition) is 1. The Morgan fingerprint density at radius 3 is 2.84 bits per heavy atom. The molecule has 2 aromatic rings. The molecule has 0 unspecified atom stereocenters. The van der Waals surface area contributed by atoms with Gasteiger partial charge in [-0.25, -0.2) is 9.97 Å². The summed E-state index contributed by atoms with van der Waals surface area (Å²) in [6, 6.07) is 7.13. The van der Waals surface area contributed by atoms with Gasteiger partial charge in [0.05, 0.1) is 24.9 Å². The number of hydrogen-bond acceptors (Lipinski definition) is 5. The van der Waals surface area contributed by atoms with Crippen LogP contribution < -0.4 is 15.0 Å². The third kappa shape index (κ3) is 4.48. The van der Waals surface area contributed by atoms with Crippen LogP contribution in [0.3, 0.4) is 0 Å². The molecule has 1 fully saturated rings. The summed E-state index contributed by atoms with van der Waals surface area (Å²) < 4.78 is 5.90. The van der Waals surface area contributed by atoms with E-state index in [-0.39, 0.29) is 5.91 Å². The molecule has 2 heterocycles. The Hall–Kier alpha value is -2.15. The Morgan fingerprint density at radius 1 is 1.28 bits per heavy atom. The highest BCUT2D eigenvalue weighted by molar-refractivity contribution is 9.10. The van der Waals surface area contributed by atoms with Crippen LogP contribution in [0.1, 0.15) is 35.3 Å². The zero-order valence-electron chi connectivity index (χ0n) is 14.2. The van der Waals surface area contributed by atoms with Gasteiger partial charge in [-0.1, -0.05) is 0 Å². The van der Waals surface area contributed by atoms with E-state index in [1.165, 1.54) is 19.3 Å². The average molecular weight is 405 g/mol. The largest absolute Gasteiger partial charge is 0.497 e. The Kier molecular flexibility index (Phi) is 5.86. The fourth-order valence-electron chi connectivity index (χ4n) is 2.80. The maximum absolute atomic E-state index is 12.4. The number of rotatable bonds is 5. The maximum Gasteiger partial charge on any atom is 0.252 e. The van der Waals surface area contributed by atoms with Gasteiger partial charge in [0.2, 0.25) is 5.95 Å². The van der Waals surface area contributed by atoms with Crippen molar-refractivity contribution in [3.63, 3.8) is 0 Å². The van der Waals surface area contributed by atoms with Crippen molar-refractivity contribution in [2.45, 2.75) is 25.8 Å². The van der Waals surface area contributed by atoms with E-state index in [0.717, 1.165) is 29.2 Å². The minimum Gasteiger partial charge on any atom is -0.497 e. The summed E-state index contributed by atoms with van der Waals surface area (Å²) in [5.74, 6) is 1.21. The SMILES string of the molecule is COc1ccc(Br)c(C(=O)NCc2ccnc(N3CCCCC3)n2)c1. The van der Waals surface area contributed by atoms with Gasteiger partial charge in [0.25, 0.3) is 5.91 Å². The molecule has 0 atom stereocenters. The number of aromatic nitrogens is 2. The van der Waals surface area contributed by atoms with E-state index in [9.17, 15) is 4.79 Å². The van der Waals surface area contributed by atoms with Crippen molar-refractivity contribution in [1.29, 1.82) is 0 Å². The third-order valence-electron chi connectivity index (χ3n) is 4.19. The summed E-state index contributed by atoms with van der Waals surface area (Å²) in [5, 5.41) is 2.90. The number of ether oxygens (including phenoxy) is 1. The minimum atomic E-state index is -0.177. The number of nitrogens with zero attached hydrogens (tertiary/aromatic N) is 3. The van der Waals surface area contributed by atoms with Crippen LogP contribution in [0.25, 0.3) is 0 Å². The van der Waals surface area contributed by atoms with Gasteiger partial charge >= 0.3 is 0 Å². The standard InChI is InChI=1S/C18H21BrN4O2/c1-25-14-5-6-16(19)15(11-14)17(24)21-12-13-7-8-20-18(22-13)23-9-3-2-4-10-23/h5-8,11H,2-4,9-10,12H2,1H3,(H,21,24). The number of benzene rings is 1. The van der Waals surface area contributed by atoms with Crippen LogP contribution in [0, 0.1) is 0 Å². The molecule has 0 aliphatic carbocycles. The number of piperidine rings is 1. The molecular weight excluding hydrogens is 384 g/mol. The quantitative estimate of drug-likeness (QED) is 0.828. The molecule has 25 heavy (non-hydrogen) atoms. The number of methoxy groups -OCH3 is 1. The molecule has 3 rings (SSSR count). The van der Waals surface area contributed by atoms with E-state index in [2.05, 4.69) is 36.1 Å². The lowest BCUT2D eigenvalue weighted by Gasteiger charge is -2.26. The normalized spacial score (nSPS) is 14.2. The van der Waals surface area contributed by atoms with Crippen molar-refractivity contribution in [2.75, 3.05) is 25.1 Å². The second kappa shape index (κ2) is 8.29. The second-order valence-corrected chi connectivity index (χ2v) is 6.78. The lowest BCUT2D eigenvalue weighted by molar-refractivity contribution is 0.0949. The van der Waals surface area contributed by atoms with Crippen LogP contribution in [0.5, 0.6) is 5.75 Å². The number of carbonyl (C=O) groups excluding carboxylic acids is 1. The molecule has 1 aromatic heterocycles. The van der Waals surface area contributed by atoms with Crippen molar-refractivity contribution in [3.05, 3.63) is 46.2 Å². The van der Waals surface area contributed by atoms with E-state index in [1.54, 1.807) is 31.5 Å². The van der Waals surface area contributed by atoms with Crippen molar-refractivity contribution >= 4 is 27.8 Å². The van der Waals surface area contributed by atoms with E-state index in [4.69, 9.17) is 4.74 Å². The van der Waals surface area contributed by atoms with Gasteiger partial charge in [0, 0.05) is 23.8 Å². The van der Waals surface area contributed by atoms with E-state index in [0.29, 0.717) is 17.9 Å². The van der Waals surface area contributed by atoms with Crippen molar-refractivity contribution in [1.82, 2.24) is 15.3 Å². The van der Waals surface area contributed by atoms with Crippen LogP contribution >= 0.6 is 15.9 Å². The molecule has 1 aliphatic heterocycles. The number of halogens is 1. The van der Waals surface area contributed by atoms with Crippen LogP contribution in [0.15, 0.2) is 34.9 Å². The average Bonchev–Trinajstić information content (AvgIpc) is 2.67. The van der Waals surface area contributed by atoms with Crippen molar-refractivity contribution < 1.29 is 9.53 Å². The summed E-state index contributed by atoms with van der Waals surface area (Å²) in [5.41, 5.74) is 1.33. The molecule has 1 N–H and O–H groups in total. The molecule has 0 radical (unpaired) electrons. The third-order valence-corrected chi connectivity index (χ3v) is 4.88. The molecule has 132 valence electrons. The minimum absolute atomic E-state index is 0.177. The van der Waals surface area contributed by atoms with Crippen LogP contribution in [0.4, 0.5) is 5.95 Å². The van der Waals surface area contributed by atoms with Gasteiger partial charge in [-0.2, -0.15) is 0 Å². The van der Waals surface area contributed by atoms with Crippen LogP contribution in [0.2, 0.25) is 0 Å². The summed E-state index contributed by atoms with van der Waals surface area (Å²) >= 11 is 3.40. The molecule has 0 saturated carbocycles. The Bertz CT molecular complexity index is 748. The first-order chi connectivity index (χ1) is 12.2. The first kappa shape index (κ1) is 17.7.